The molecule has 0 aliphatic rings. The minimum absolute atomic E-state index is 0. The third-order valence-electron chi connectivity index (χ3n) is 0.0357. The topological polar surface area (TPSA) is 0 Å². The normalized spacial score (nSPS) is 2.80. The van der Waals surface area contributed by atoms with Gasteiger partial charge in [0.2, 0.25) is 0 Å². The lowest BCUT2D eigenvalue weighted by molar-refractivity contribution is 3.07. The molecule has 0 heterocycles. The molecule has 0 nitrogen and oxygen atoms in total. The van der Waals surface area contributed by atoms with Gasteiger partial charge in [-0.3, -0.25) is 0 Å². The Labute approximate surface area is 66.8 Å². The Hall–Kier alpha value is 1.31. The van der Waals surface area contributed by atoms with Crippen molar-refractivity contribution in [3.8, 4) is 9.31 Å². The van der Waals surface area contributed by atoms with Crippen LogP contribution in [0.1, 0.15) is 0 Å². The molecule has 0 aromatic carbocycles. The van der Waals surface area contributed by atoms with E-state index in [4.69, 9.17) is 11.6 Å². The number of hydrogen-bond acceptors (Lipinski definition) is 0. The lowest BCUT2D eigenvalue weighted by Gasteiger charge is -1.33. The van der Waals surface area contributed by atoms with Gasteiger partial charge in [0, 0.05) is 28.0 Å². The highest BCUT2D eigenvalue weighted by molar-refractivity contribution is 14.1. The number of rotatable bonds is 0. The summed E-state index contributed by atoms with van der Waals surface area (Å²) in [6, 6.07) is 0. The summed E-state index contributed by atoms with van der Waals surface area (Å²) in [5, 5.41) is 2.14. The van der Waals surface area contributed by atoms with Gasteiger partial charge in [0.05, 0.1) is 0 Å². The van der Waals surface area contributed by atoms with Gasteiger partial charge in [-0.15, -0.1) is 24.0 Å². The summed E-state index contributed by atoms with van der Waals surface area (Å²) in [7, 11) is 0. The van der Waals surface area contributed by atoms with Crippen molar-refractivity contribution in [2.45, 2.75) is 0 Å². The second-order valence-corrected chi connectivity index (χ2v) is 0.917. The minimum Gasteiger partial charge on any atom is -0.107 e. The fourth-order valence-electron chi connectivity index (χ4n) is 0. The summed E-state index contributed by atoms with van der Waals surface area (Å²) in [4.78, 5) is 0. The van der Waals surface area contributed by atoms with Crippen molar-refractivity contribution >= 4 is 58.2 Å². The Kier molecular flexibility index (Phi) is 17.2. The molecule has 30 valence electrons. The van der Waals surface area contributed by atoms with Gasteiger partial charge < -0.3 is 0 Å². The smallest absolute Gasteiger partial charge is 0.0195 e. The monoisotopic (exact) mass is 314 g/mol. The van der Waals surface area contributed by atoms with Crippen molar-refractivity contribution in [2.75, 3.05) is 0 Å². The van der Waals surface area contributed by atoms with Crippen molar-refractivity contribution in [3.63, 3.8) is 0 Å². The Bertz CT molecular complexity index is 44.4. The van der Waals surface area contributed by atoms with Gasteiger partial charge in [-0.2, -0.15) is 0 Å². The molecular formula is C2HClI2. The van der Waals surface area contributed by atoms with Crippen LogP contribution in [-0.4, -0.2) is 0 Å². The molecule has 0 rings (SSSR count). The third-order valence-corrected chi connectivity index (χ3v) is 0.719. The van der Waals surface area contributed by atoms with Gasteiger partial charge in [-0.25, -0.2) is 0 Å². The average Bonchev–Trinajstić information content (AvgIpc) is 1.37. The highest BCUT2D eigenvalue weighted by Gasteiger charge is 1.33. The van der Waals surface area contributed by atoms with Crippen LogP contribution in [0.4, 0.5) is 0 Å². The van der Waals surface area contributed by atoms with E-state index in [2.05, 4.69) is 9.31 Å². The maximum absolute atomic E-state index is 4.82. The van der Waals surface area contributed by atoms with Crippen LogP contribution < -0.4 is 0 Å². The predicted octanol–water partition coefficient (Wildman–Crippen LogP) is 2.20. The number of hydrogen-bond donors (Lipinski definition) is 0. The molecule has 0 bridgehead atoms. The lowest BCUT2D eigenvalue weighted by atomic mass is 11.4. The van der Waals surface area contributed by atoms with Gasteiger partial charge >= 0.3 is 0 Å². The van der Waals surface area contributed by atoms with Crippen LogP contribution in [-0.2, 0) is 0 Å². The van der Waals surface area contributed by atoms with Crippen LogP contribution in [0.5, 0.6) is 0 Å². The summed E-state index contributed by atoms with van der Waals surface area (Å²) in [5.41, 5.74) is 0. The van der Waals surface area contributed by atoms with E-state index in [0.29, 0.717) is 0 Å². The molecule has 0 aliphatic heterocycles. The van der Waals surface area contributed by atoms with Crippen LogP contribution >= 0.6 is 58.2 Å². The molecule has 0 atom stereocenters. The van der Waals surface area contributed by atoms with Crippen molar-refractivity contribution in [1.82, 2.24) is 0 Å². The molecular weight excluding hydrogens is 313 g/mol. The van der Waals surface area contributed by atoms with E-state index in [9.17, 15) is 0 Å². The summed E-state index contributed by atoms with van der Waals surface area (Å²) < 4.78 is 2.42. The zero-order chi connectivity index (χ0) is 3.41. The second kappa shape index (κ2) is 9.00. The largest absolute Gasteiger partial charge is 0.107 e. The summed E-state index contributed by atoms with van der Waals surface area (Å²) in [5.74, 6) is 0. The minimum atomic E-state index is 0. The van der Waals surface area contributed by atoms with E-state index in [1.807, 2.05) is 22.6 Å². The van der Waals surface area contributed by atoms with Crippen molar-refractivity contribution in [2.24, 2.45) is 0 Å². The van der Waals surface area contributed by atoms with E-state index < -0.39 is 0 Å². The third kappa shape index (κ3) is 10.9. The first kappa shape index (κ1) is 9.58. The van der Waals surface area contributed by atoms with Gasteiger partial charge in [0.25, 0.3) is 0 Å². The van der Waals surface area contributed by atoms with Crippen molar-refractivity contribution in [1.29, 1.82) is 0 Å². The maximum atomic E-state index is 4.82. The first-order valence-corrected chi connectivity index (χ1v) is 2.08. The summed E-state index contributed by atoms with van der Waals surface area (Å²) in [6.45, 7) is 0. The van der Waals surface area contributed by atoms with E-state index in [1.54, 1.807) is 0 Å². The Morgan fingerprint density at radius 3 is 1.80 bits per heavy atom. The molecule has 0 radical (unpaired) electrons. The lowest BCUT2D eigenvalue weighted by Crippen LogP contribution is -1.11. The Balaban J connectivity index is 0. The second-order valence-electron chi connectivity index (χ2n) is 0.189. The van der Waals surface area contributed by atoms with Crippen LogP contribution in [0.3, 0.4) is 0 Å². The van der Waals surface area contributed by atoms with Crippen molar-refractivity contribution in [3.05, 3.63) is 0 Å². The molecule has 3 heteroatoms. The molecule has 0 saturated heterocycles. The first-order valence-electron chi connectivity index (χ1n) is 0.628. The van der Waals surface area contributed by atoms with Gasteiger partial charge in [0.15, 0.2) is 0 Å². The highest BCUT2D eigenvalue weighted by atomic mass is 127. The molecule has 0 amide bonds. The van der Waals surface area contributed by atoms with Crippen LogP contribution in [0.25, 0.3) is 0 Å². The predicted molar refractivity (Wildman–Crippen MR) is 43.1 cm³/mol. The van der Waals surface area contributed by atoms with Crippen LogP contribution in [0.15, 0.2) is 0 Å². The first-order chi connectivity index (χ1) is 1.91. The quantitative estimate of drug-likeness (QED) is 0.475. The maximum Gasteiger partial charge on any atom is 0.0195 e. The van der Waals surface area contributed by atoms with Crippen molar-refractivity contribution < 1.29 is 0 Å². The summed E-state index contributed by atoms with van der Waals surface area (Å²) in [6.07, 6.45) is 0. The van der Waals surface area contributed by atoms with Gasteiger partial charge in [0.1, 0.15) is 0 Å². The van der Waals surface area contributed by atoms with E-state index in [0.717, 1.165) is 0 Å². The van der Waals surface area contributed by atoms with Crippen LogP contribution in [0.2, 0.25) is 0 Å². The average molecular weight is 314 g/mol. The molecule has 0 saturated carbocycles. The molecule has 0 aromatic rings. The van der Waals surface area contributed by atoms with Gasteiger partial charge in [-0.1, -0.05) is 0 Å². The molecule has 0 spiro atoms. The van der Waals surface area contributed by atoms with Crippen LogP contribution in [0, 0.1) is 9.31 Å². The van der Waals surface area contributed by atoms with E-state index in [-0.39, 0.29) is 24.0 Å². The molecule has 0 aromatic heterocycles. The molecule has 5 heavy (non-hydrogen) atoms. The van der Waals surface area contributed by atoms with E-state index in [1.165, 1.54) is 0 Å². The zero-order valence-corrected chi connectivity index (χ0v) is 7.41. The SMILES string of the molecule is ClC#CI.I. The zero-order valence-electron chi connectivity index (χ0n) is 2.16. The Morgan fingerprint density at radius 2 is 1.80 bits per heavy atom. The van der Waals surface area contributed by atoms with E-state index >= 15 is 0 Å². The molecule has 0 aliphatic carbocycles. The molecule has 0 unspecified atom stereocenters. The van der Waals surface area contributed by atoms with Gasteiger partial charge in [-0.05, 0) is 15.5 Å². The molecule has 0 N–H and O–H groups in total. The Morgan fingerprint density at radius 1 is 1.60 bits per heavy atom. The fourth-order valence-corrected chi connectivity index (χ4v) is 0. The fraction of sp³-hybridized carbons (Fsp3) is 0. The standard InChI is InChI=1S/C2ClI.HI/c3-1-2-4;/h;1H. The highest BCUT2D eigenvalue weighted by Crippen LogP contribution is 1.70. The summed E-state index contributed by atoms with van der Waals surface area (Å²) >= 11 is 6.68. The molecule has 0 fully saturated rings. The number of halogens is 3.